The maximum atomic E-state index is 12.7. The van der Waals surface area contributed by atoms with Crippen LogP contribution >= 0.6 is 24.0 Å². The molecule has 6 nitrogen and oxygen atoms in total. The third-order valence-electron chi connectivity index (χ3n) is 5.17. The maximum Gasteiger partial charge on any atom is 0.343 e. The summed E-state index contributed by atoms with van der Waals surface area (Å²) in [5.74, 6) is 0. The fourth-order valence-corrected chi connectivity index (χ4v) is 5.39. The number of benzene rings is 1. The third kappa shape index (κ3) is 4.85. The minimum absolute atomic E-state index is 0.115. The summed E-state index contributed by atoms with van der Waals surface area (Å²) in [5, 5.41) is 20.5. The minimum atomic E-state index is -0.685. The second-order valence-corrected chi connectivity index (χ2v) is 10.3. The van der Waals surface area contributed by atoms with Crippen molar-refractivity contribution in [3.05, 3.63) is 35.4 Å². The van der Waals surface area contributed by atoms with Gasteiger partial charge in [-0.3, -0.25) is 5.21 Å². The van der Waals surface area contributed by atoms with Crippen LogP contribution in [0.2, 0.25) is 0 Å². The standard InChI is InChI=1S/C20H28N4O2S2/c1-14-9-11-15(12-10-14)13-21-23-17(20(2,3)28-19(23)27)24(26)18(25)22-16-7-5-4-6-8-16/h9-13,16-17,26H,4-8H2,1-3H3,(H,22,25)/b21-13+. The van der Waals surface area contributed by atoms with Crippen molar-refractivity contribution < 1.29 is 10.0 Å². The molecule has 0 radical (unpaired) electrons. The van der Waals surface area contributed by atoms with Gasteiger partial charge in [0.15, 0.2) is 10.5 Å². The predicted octanol–water partition coefficient (Wildman–Crippen LogP) is 4.50. The monoisotopic (exact) mass is 420 g/mol. The third-order valence-corrected chi connectivity index (χ3v) is 6.71. The highest BCUT2D eigenvalue weighted by molar-refractivity contribution is 8.24. The van der Waals surface area contributed by atoms with E-state index in [0.29, 0.717) is 4.32 Å². The van der Waals surface area contributed by atoms with Crippen molar-refractivity contribution in [3.8, 4) is 0 Å². The van der Waals surface area contributed by atoms with Crippen molar-refractivity contribution in [2.24, 2.45) is 5.10 Å². The van der Waals surface area contributed by atoms with E-state index in [0.717, 1.165) is 36.3 Å². The van der Waals surface area contributed by atoms with E-state index in [2.05, 4.69) is 10.4 Å². The van der Waals surface area contributed by atoms with Crippen LogP contribution in [-0.2, 0) is 0 Å². The first-order chi connectivity index (χ1) is 13.3. The molecule has 2 amide bonds. The zero-order valence-corrected chi connectivity index (χ0v) is 18.2. The Kier molecular flexibility index (Phi) is 6.62. The van der Waals surface area contributed by atoms with Crippen molar-refractivity contribution >= 4 is 40.5 Å². The number of hydrazone groups is 1. The van der Waals surface area contributed by atoms with Gasteiger partial charge >= 0.3 is 6.03 Å². The zero-order valence-electron chi connectivity index (χ0n) is 16.6. The largest absolute Gasteiger partial charge is 0.343 e. The lowest BCUT2D eigenvalue weighted by atomic mass is 9.96. The molecule has 0 spiro atoms. The molecule has 8 heteroatoms. The van der Waals surface area contributed by atoms with Gasteiger partial charge in [0.2, 0.25) is 0 Å². The number of nitrogens with one attached hydrogen (secondary N) is 1. The van der Waals surface area contributed by atoms with Crippen LogP contribution in [0.25, 0.3) is 0 Å². The summed E-state index contributed by atoms with van der Waals surface area (Å²) in [6.45, 7) is 5.93. The van der Waals surface area contributed by atoms with Gasteiger partial charge in [0.1, 0.15) is 0 Å². The van der Waals surface area contributed by atoms with Gasteiger partial charge in [-0.25, -0.2) is 9.80 Å². The molecule has 2 N–H and O–H groups in total. The molecule has 3 rings (SSSR count). The SMILES string of the molecule is Cc1ccc(/C=N/N2C(=S)SC(C)(C)C2N(O)C(=O)NC2CCCCC2)cc1. The Morgan fingerprint density at radius 3 is 2.61 bits per heavy atom. The molecule has 1 aliphatic carbocycles. The van der Waals surface area contributed by atoms with E-state index in [4.69, 9.17) is 12.2 Å². The number of urea groups is 1. The number of carbonyl (C=O) groups excluding carboxylic acids is 1. The van der Waals surface area contributed by atoms with E-state index in [1.54, 1.807) is 11.2 Å². The molecule has 152 valence electrons. The first kappa shape index (κ1) is 21.1. The van der Waals surface area contributed by atoms with Crippen molar-refractivity contribution in [2.75, 3.05) is 0 Å². The van der Waals surface area contributed by atoms with Crippen molar-refractivity contribution in [3.63, 3.8) is 0 Å². The minimum Gasteiger partial charge on any atom is -0.333 e. The molecule has 1 atom stereocenters. The van der Waals surface area contributed by atoms with Crippen LogP contribution in [-0.4, -0.2) is 48.8 Å². The molecule has 1 heterocycles. The lowest BCUT2D eigenvalue weighted by Crippen LogP contribution is -2.57. The number of carbonyl (C=O) groups is 1. The number of thioether (sulfide) groups is 1. The highest BCUT2D eigenvalue weighted by Crippen LogP contribution is 2.42. The topological polar surface area (TPSA) is 68.2 Å². The van der Waals surface area contributed by atoms with E-state index < -0.39 is 16.9 Å². The smallest absolute Gasteiger partial charge is 0.333 e. The maximum absolute atomic E-state index is 12.7. The van der Waals surface area contributed by atoms with E-state index in [9.17, 15) is 10.0 Å². The van der Waals surface area contributed by atoms with Gasteiger partial charge in [-0.1, -0.05) is 73.1 Å². The van der Waals surface area contributed by atoms with E-state index in [1.807, 2.05) is 45.0 Å². The van der Waals surface area contributed by atoms with Gasteiger partial charge in [-0.15, -0.1) is 0 Å². The van der Waals surface area contributed by atoms with Crippen molar-refractivity contribution in [1.82, 2.24) is 15.4 Å². The van der Waals surface area contributed by atoms with Crippen molar-refractivity contribution in [2.45, 2.75) is 69.8 Å². The van der Waals surface area contributed by atoms with E-state index in [-0.39, 0.29) is 6.04 Å². The fraction of sp³-hybridized carbons (Fsp3) is 0.550. The van der Waals surface area contributed by atoms with Crippen LogP contribution in [0.15, 0.2) is 29.4 Å². The quantitative estimate of drug-likeness (QED) is 0.325. The molecule has 1 aromatic carbocycles. The van der Waals surface area contributed by atoms with E-state index >= 15 is 0 Å². The molecular formula is C20H28N4O2S2. The Morgan fingerprint density at radius 1 is 1.32 bits per heavy atom. The Bertz CT molecular complexity index is 745. The van der Waals surface area contributed by atoms with E-state index in [1.165, 1.54) is 23.7 Å². The molecule has 2 aliphatic rings. The molecule has 2 fully saturated rings. The molecule has 0 bridgehead atoms. The summed E-state index contributed by atoms with van der Waals surface area (Å²) < 4.78 is 0.0308. The summed E-state index contributed by atoms with van der Waals surface area (Å²) in [5.41, 5.74) is 2.10. The van der Waals surface area contributed by atoms with Crippen LogP contribution in [0.5, 0.6) is 0 Å². The Labute approximate surface area is 176 Å². The second kappa shape index (κ2) is 8.80. The number of hydrogen-bond acceptors (Lipinski definition) is 5. The normalized spacial score (nSPS) is 22.6. The van der Waals surface area contributed by atoms with Crippen LogP contribution < -0.4 is 5.32 Å². The number of thiocarbonyl (C=S) groups is 1. The Morgan fingerprint density at radius 2 is 1.96 bits per heavy atom. The van der Waals surface area contributed by atoms with Crippen LogP contribution in [0.3, 0.4) is 0 Å². The summed E-state index contributed by atoms with van der Waals surface area (Å²) >= 11 is 6.91. The predicted molar refractivity (Wildman–Crippen MR) is 118 cm³/mol. The molecule has 1 saturated carbocycles. The molecule has 28 heavy (non-hydrogen) atoms. The Balaban J connectivity index is 1.75. The zero-order chi connectivity index (χ0) is 20.3. The highest BCUT2D eigenvalue weighted by Gasteiger charge is 2.50. The number of rotatable bonds is 4. The summed E-state index contributed by atoms with van der Waals surface area (Å²) in [6, 6.07) is 7.58. The highest BCUT2D eigenvalue weighted by atomic mass is 32.2. The van der Waals surface area contributed by atoms with Crippen molar-refractivity contribution in [1.29, 1.82) is 0 Å². The number of aryl methyl sites for hydroxylation is 1. The average Bonchev–Trinajstić information content (AvgIpc) is 2.89. The van der Waals surface area contributed by atoms with Crippen LogP contribution in [0.1, 0.15) is 57.1 Å². The summed E-state index contributed by atoms with van der Waals surface area (Å²) in [7, 11) is 0. The number of hydroxylamine groups is 2. The van der Waals surface area contributed by atoms with Gasteiger partial charge in [-0.05, 0) is 39.2 Å². The first-order valence-corrected chi connectivity index (χ1v) is 10.9. The number of nitrogens with zero attached hydrogens (tertiary/aromatic N) is 3. The average molecular weight is 421 g/mol. The second-order valence-electron chi connectivity index (χ2n) is 7.97. The van der Waals surface area contributed by atoms with Crippen LogP contribution in [0.4, 0.5) is 4.79 Å². The summed E-state index contributed by atoms with van der Waals surface area (Å²) in [6.07, 6.45) is 6.35. The van der Waals surface area contributed by atoms with Gasteiger partial charge in [0, 0.05) is 6.04 Å². The summed E-state index contributed by atoms with van der Waals surface area (Å²) in [4.78, 5) is 12.7. The molecule has 1 unspecified atom stereocenters. The lowest BCUT2D eigenvalue weighted by Gasteiger charge is -2.35. The fourth-order valence-electron chi connectivity index (χ4n) is 3.61. The number of hydrogen-bond donors (Lipinski definition) is 2. The molecule has 1 aliphatic heterocycles. The number of amides is 2. The van der Waals surface area contributed by atoms with Crippen LogP contribution in [0, 0.1) is 6.92 Å². The molecule has 1 aromatic rings. The lowest BCUT2D eigenvalue weighted by molar-refractivity contribution is -0.119. The van der Waals surface area contributed by atoms with Gasteiger partial charge in [0.25, 0.3) is 0 Å². The van der Waals surface area contributed by atoms with Gasteiger partial charge < -0.3 is 5.32 Å². The van der Waals surface area contributed by atoms with Gasteiger partial charge in [-0.2, -0.15) is 10.2 Å². The molecule has 1 saturated heterocycles. The van der Waals surface area contributed by atoms with Gasteiger partial charge in [0.05, 0.1) is 11.0 Å². The molecule has 0 aromatic heterocycles. The Hall–Kier alpha value is -1.64. The molecular weight excluding hydrogens is 392 g/mol. The first-order valence-electron chi connectivity index (χ1n) is 9.69.